The number of hydrogen-bond acceptors (Lipinski definition) is 3. The average molecular weight is 276 g/mol. The average Bonchev–Trinajstić information content (AvgIpc) is 2.30. The number of carbonyl (C=O) groups is 1. The third kappa shape index (κ3) is 2.50. The highest BCUT2D eigenvalue weighted by molar-refractivity contribution is 9.10. The molecule has 3 N–H and O–H groups in total. The summed E-state index contributed by atoms with van der Waals surface area (Å²) >= 11 is 3.33. The normalized spacial score (nSPS) is 11.7. The second-order valence-electron chi connectivity index (χ2n) is 4.35. The summed E-state index contributed by atoms with van der Waals surface area (Å²) in [7, 11) is 0. The molecule has 1 heterocycles. The molecule has 0 radical (unpaired) electrons. The zero-order chi connectivity index (χ0) is 11.8. The largest absolute Gasteiger partial charge is 0.480 e. The van der Waals surface area contributed by atoms with Crippen molar-refractivity contribution < 1.29 is 9.90 Å². The van der Waals surface area contributed by atoms with Crippen molar-refractivity contribution in [2.75, 3.05) is 5.73 Å². The van der Waals surface area contributed by atoms with Crippen molar-refractivity contribution in [2.45, 2.75) is 32.7 Å². The molecule has 0 amide bonds. The Kier molecular flexibility index (Phi) is 3.08. The van der Waals surface area contributed by atoms with Gasteiger partial charge in [0.1, 0.15) is 12.4 Å². The zero-order valence-corrected chi connectivity index (χ0v) is 10.5. The number of anilines is 1. The molecule has 1 rings (SSSR count). The van der Waals surface area contributed by atoms with Gasteiger partial charge in [-0.05, 0) is 15.9 Å². The molecule has 0 fully saturated rings. The van der Waals surface area contributed by atoms with Gasteiger partial charge >= 0.3 is 5.97 Å². The Labute approximate surface area is 96.4 Å². The quantitative estimate of drug-likeness (QED) is 0.859. The Morgan fingerprint density at radius 1 is 1.60 bits per heavy atom. The first kappa shape index (κ1) is 12.0. The van der Waals surface area contributed by atoms with Crippen molar-refractivity contribution in [3.63, 3.8) is 0 Å². The molecule has 0 saturated carbocycles. The number of carboxylic acid groups (broad SMARTS) is 1. The molecular weight excluding hydrogens is 262 g/mol. The molecule has 5 nitrogen and oxygen atoms in total. The van der Waals surface area contributed by atoms with E-state index in [1.165, 1.54) is 4.68 Å². The van der Waals surface area contributed by atoms with Gasteiger partial charge in [-0.3, -0.25) is 4.79 Å². The van der Waals surface area contributed by atoms with Crippen molar-refractivity contribution in [1.82, 2.24) is 9.78 Å². The van der Waals surface area contributed by atoms with E-state index in [1.54, 1.807) is 0 Å². The maximum Gasteiger partial charge on any atom is 0.325 e. The van der Waals surface area contributed by atoms with Crippen LogP contribution in [0.4, 0.5) is 5.82 Å². The maximum atomic E-state index is 10.6. The molecule has 0 aliphatic carbocycles. The van der Waals surface area contributed by atoms with Crippen molar-refractivity contribution in [3.8, 4) is 0 Å². The van der Waals surface area contributed by atoms with Gasteiger partial charge in [0.15, 0.2) is 0 Å². The second-order valence-corrected chi connectivity index (χ2v) is 5.14. The van der Waals surface area contributed by atoms with Gasteiger partial charge in [-0.1, -0.05) is 20.8 Å². The number of aromatic nitrogens is 2. The van der Waals surface area contributed by atoms with E-state index in [4.69, 9.17) is 10.8 Å². The van der Waals surface area contributed by atoms with Gasteiger partial charge in [-0.15, -0.1) is 0 Å². The molecule has 0 unspecified atom stereocenters. The van der Waals surface area contributed by atoms with Crippen LogP contribution in [0.5, 0.6) is 0 Å². The SMILES string of the molecule is CC(C)(C)c1nn(CC(=O)O)c(N)c1Br. The Morgan fingerprint density at radius 3 is 2.47 bits per heavy atom. The van der Waals surface area contributed by atoms with E-state index in [0.717, 1.165) is 5.69 Å². The Bertz CT molecular complexity index is 393. The van der Waals surface area contributed by atoms with Crippen LogP contribution in [-0.4, -0.2) is 20.9 Å². The summed E-state index contributed by atoms with van der Waals surface area (Å²) in [4.78, 5) is 10.6. The number of rotatable bonds is 2. The van der Waals surface area contributed by atoms with Crippen molar-refractivity contribution in [2.24, 2.45) is 0 Å². The third-order valence-corrected chi connectivity index (χ3v) is 2.71. The van der Waals surface area contributed by atoms with Crippen molar-refractivity contribution in [3.05, 3.63) is 10.2 Å². The van der Waals surface area contributed by atoms with Crippen molar-refractivity contribution >= 4 is 27.7 Å². The van der Waals surface area contributed by atoms with Gasteiger partial charge in [0.2, 0.25) is 0 Å². The van der Waals surface area contributed by atoms with E-state index in [-0.39, 0.29) is 12.0 Å². The topological polar surface area (TPSA) is 81.1 Å². The molecule has 0 aliphatic rings. The standard InChI is InChI=1S/C9H14BrN3O2/c1-9(2,3)7-6(10)8(11)13(12-7)4-5(14)15/h4,11H2,1-3H3,(H,14,15). The minimum atomic E-state index is -0.961. The lowest BCUT2D eigenvalue weighted by Gasteiger charge is -2.15. The van der Waals surface area contributed by atoms with Crippen LogP contribution in [-0.2, 0) is 16.8 Å². The minimum absolute atomic E-state index is 0.170. The molecule has 0 bridgehead atoms. The number of hydrogen-bond donors (Lipinski definition) is 2. The van der Waals surface area contributed by atoms with Crippen LogP contribution in [0.3, 0.4) is 0 Å². The Balaban J connectivity index is 3.18. The number of halogens is 1. The minimum Gasteiger partial charge on any atom is -0.480 e. The summed E-state index contributed by atoms with van der Waals surface area (Å²) in [5.74, 6) is -0.612. The number of nitrogens with zero attached hydrogens (tertiary/aromatic N) is 2. The number of nitrogen functional groups attached to an aromatic ring is 1. The number of aliphatic carboxylic acids is 1. The van der Waals surface area contributed by atoms with Crippen LogP contribution in [0.15, 0.2) is 4.47 Å². The monoisotopic (exact) mass is 275 g/mol. The van der Waals surface area contributed by atoms with Crippen LogP contribution < -0.4 is 5.73 Å². The Hall–Kier alpha value is -1.04. The highest BCUT2D eigenvalue weighted by Gasteiger charge is 2.24. The molecule has 1 aromatic heterocycles. The van der Waals surface area contributed by atoms with Gasteiger partial charge in [-0.25, -0.2) is 4.68 Å². The highest BCUT2D eigenvalue weighted by Crippen LogP contribution is 2.32. The number of carboxylic acids is 1. The summed E-state index contributed by atoms with van der Waals surface area (Å²) in [6, 6.07) is 0. The van der Waals surface area contributed by atoms with Gasteiger partial charge in [0.05, 0.1) is 10.2 Å². The number of nitrogens with two attached hydrogens (primary N) is 1. The summed E-state index contributed by atoms with van der Waals surface area (Å²) in [5.41, 5.74) is 6.33. The van der Waals surface area contributed by atoms with E-state index in [0.29, 0.717) is 10.3 Å². The molecule has 15 heavy (non-hydrogen) atoms. The van der Waals surface area contributed by atoms with Crippen LogP contribution >= 0.6 is 15.9 Å². The van der Waals surface area contributed by atoms with Crippen LogP contribution in [0.2, 0.25) is 0 Å². The molecule has 1 aromatic rings. The zero-order valence-electron chi connectivity index (χ0n) is 8.91. The fourth-order valence-electron chi connectivity index (χ4n) is 1.18. The Morgan fingerprint density at radius 2 is 2.13 bits per heavy atom. The molecule has 84 valence electrons. The van der Waals surface area contributed by atoms with Gasteiger partial charge in [-0.2, -0.15) is 5.10 Å². The van der Waals surface area contributed by atoms with E-state index < -0.39 is 5.97 Å². The molecule has 0 saturated heterocycles. The molecule has 0 aliphatic heterocycles. The summed E-state index contributed by atoms with van der Waals surface area (Å²) < 4.78 is 1.96. The molecule has 6 heteroatoms. The maximum absolute atomic E-state index is 10.6. The summed E-state index contributed by atoms with van der Waals surface area (Å²) in [6.07, 6.45) is 0. The molecule has 0 atom stereocenters. The predicted molar refractivity (Wildman–Crippen MR) is 60.7 cm³/mol. The van der Waals surface area contributed by atoms with E-state index in [9.17, 15) is 4.79 Å². The highest BCUT2D eigenvalue weighted by atomic mass is 79.9. The fourth-order valence-corrected chi connectivity index (χ4v) is 2.06. The predicted octanol–water partition coefficient (Wildman–Crippen LogP) is 1.61. The van der Waals surface area contributed by atoms with E-state index >= 15 is 0 Å². The van der Waals surface area contributed by atoms with E-state index in [1.807, 2.05) is 20.8 Å². The smallest absolute Gasteiger partial charge is 0.325 e. The van der Waals surface area contributed by atoms with Gasteiger partial charge in [0, 0.05) is 5.41 Å². The third-order valence-electron chi connectivity index (χ3n) is 1.93. The second kappa shape index (κ2) is 3.84. The first-order valence-electron chi connectivity index (χ1n) is 4.47. The lowest BCUT2D eigenvalue weighted by molar-refractivity contribution is -0.137. The van der Waals surface area contributed by atoms with E-state index in [2.05, 4.69) is 21.0 Å². The molecule has 0 spiro atoms. The lowest BCUT2D eigenvalue weighted by atomic mass is 9.92. The van der Waals surface area contributed by atoms with Crippen LogP contribution in [0, 0.1) is 0 Å². The lowest BCUT2D eigenvalue weighted by Crippen LogP contribution is -2.15. The molecule has 0 aromatic carbocycles. The summed E-state index contributed by atoms with van der Waals surface area (Å²) in [6.45, 7) is 5.75. The van der Waals surface area contributed by atoms with Crippen LogP contribution in [0.1, 0.15) is 26.5 Å². The van der Waals surface area contributed by atoms with Crippen LogP contribution in [0.25, 0.3) is 0 Å². The summed E-state index contributed by atoms with van der Waals surface area (Å²) in [5, 5.41) is 12.8. The van der Waals surface area contributed by atoms with Gasteiger partial charge < -0.3 is 10.8 Å². The first-order valence-corrected chi connectivity index (χ1v) is 5.27. The first-order chi connectivity index (χ1) is 6.73. The fraction of sp³-hybridized carbons (Fsp3) is 0.556. The van der Waals surface area contributed by atoms with Crippen molar-refractivity contribution in [1.29, 1.82) is 0 Å². The molecular formula is C9H14BrN3O2. The van der Waals surface area contributed by atoms with Gasteiger partial charge in [0.25, 0.3) is 0 Å².